The number of hydrogen-bond acceptors (Lipinski definition) is 3. The van der Waals surface area contributed by atoms with Gasteiger partial charge in [0, 0.05) is 12.2 Å². The Morgan fingerprint density at radius 3 is 2.37 bits per heavy atom. The van der Waals surface area contributed by atoms with E-state index in [4.69, 9.17) is 4.74 Å². The fraction of sp³-hybridized carbons (Fsp3) is 0.269. The monoisotopic (exact) mass is 400 g/mol. The maximum atomic E-state index is 13.3. The number of benzene rings is 3. The van der Waals surface area contributed by atoms with Gasteiger partial charge in [-0.05, 0) is 47.7 Å². The van der Waals surface area contributed by atoms with E-state index in [1.165, 1.54) is 5.56 Å². The quantitative estimate of drug-likeness (QED) is 0.567. The molecule has 0 fully saturated rings. The van der Waals surface area contributed by atoms with Gasteiger partial charge in [0.15, 0.2) is 0 Å². The summed E-state index contributed by atoms with van der Waals surface area (Å²) in [5, 5.41) is 3.56. The maximum absolute atomic E-state index is 13.3. The van der Waals surface area contributed by atoms with Gasteiger partial charge in [-0.15, -0.1) is 0 Å². The van der Waals surface area contributed by atoms with Crippen LogP contribution in [0.2, 0.25) is 0 Å². The van der Waals surface area contributed by atoms with E-state index in [0.717, 1.165) is 29.0 Å². The van der Waals surface area contributed by atoms with Crippen LogP contribution in [-0.4, -0.2) is 24.0 Å². The Balaban J connectivity index is 1.58. The zero-order valence-electron chi connectivity index (χ0n) is 17.5. The third kappa shape index (κ3) is 4.48. The first-order chi connectivity index (χ1) is 14.6. The van der Waals surface area contributed by atoms with Gasteiger partial charge in [0.05, 0.1) is 12.2 Å². The normalized spacial score (nSPS) is 15.6. The van der Waals surface area contributed by atoms with Crippen LogP contribution in [-0.2, 0) is 6.42 Å². The SMILES string of the molecule is CC(C)COc1ccc(C2Nc3ccccc3C(=O)N2CCc2ccccc2)cc1. The molecule has 1 unspecified atom stereocenters. The lowest BCUT2D eigenvalue weighted by molar-refractivity contribution is 0.0685. The Kier molecular flexibility index (Phi) is 6.03. The molecule has 1 aliphatic heterocycles. The van der Waals surface area contributed by atoms with Crippen LogP contribution >= 0.6 is 0 Å². The zero-order valence-corrected chi connectivity index (χ0v) is 17.5. The Morgan fingerprint density at radius 2 is 1.63 bits per heavy atom. The summed E-state index contributed by atoms with van der Waals surface area (Å²) in [5.41, 5.74) is 3.87. The summed E-state index contributed by atoms with van der Waals surface area (Å²) in [6, 6.07) is 26.1. The third-order valence-corrected chi connectivity index (χ3v) is 5.29. The number of carbonyl (C=O) groups is 1. The first kappa shape index (κ1) is 20.0. The van der Waals surface area contributed by atoms with Crippen molar-refractivity contribution in [2.24, 2.45) is 5.92 Å². The first-order valence-electron chi connectivity index (χ1n) is 10.5. The van der Waals surface area contributed by atoms with Gasteiger partial charge in [0.1, 0.15) is 11.9 Å². The van der Waals surface area contributed by atoms with Crippen molar-refractivity contribution in [3.8, 4) is 5.75 Å². The van der Waals surface area contributed by atoms with E-state index in [0.29, 0.717) is 19.1 Å². The zero-order chi connectivity index (χ0) is 20.9. The molecule has 1 atom stereocenters. The Labute approximate surface area is 178 Å². The highest BCUT2D eigenvalue weighted by Crippen LogP contribution is 2.33. The van der Waals surface area contributed by atoms with Gasteiger partial charge in [-0.2, -0.15) is 0 Å². The van der Waals surface area contributed by atoms with Gasteiger partial charge in [-0.1, -0.05) is 68.4 Å². The molecule has 154 valence electrons. The fourth-order valence-electron chi connectivity index (χ4n) is 3.69. The molecule has 4 heteroatoms. The lowest BCUT2D eigenvalue weighted by Gasteiger charge is -2.38. The van der Waals surface area contributed by atoms with Crippen LogP contribution in [0.5, 0.6) is 5.75 Å². The molecule has 0 saturated carbocycles. The van der Waals surface area contributed by atoms with Crippen molar-refractivity contribution < 1.29 is 9.53 Å². The number of fused-ring (bicyclic) bond motifs is 1. The van der Waals surface area contributed by atoms with Crippen LogP contribution in [0.25, 0.3) is 0 Å². The van der Waals surface area contributed by atoms with Crippen molar-refractivity contribution in [3.63, 3.8) is 0 Å². The minimum absolute atomic E-state index is 0.0606. The van der Waals surface area contributed by atoms with Crippen molar-refractivity contribution in [2.75, 3.05) is 18.5 Å². The van der Waals surface area contributed by atoms with Crippen molar-refractivity contribution in [2.45, 2.75) is 26.4 Å². The lowest BCUT2D eigenvalue weighted by Crippen LogP contribution is -2.43. The van der Waals surface area contributed by atoms with Gasteiger partial charge >= 0.3 is 0 Å². The molecule has 0 saturated heterocycles. The molecule has 0 spiro atoms. The van der Waals surface area contributed by atoms with E-state index in [9.17, 15) is 4.79 Å². The molecule has 3 aromatic carbocycles. The van der Waals surface area contributed by atoms with Crippen LogP contribution in [0.15, 0.2) is 78.9 Å². The largest absolute Gasteiger partial charge is 0.493 e. The van der Waals surface area contributed by atoms with Crippen molar-refractivity contribution in [1.82, 2.24) is 4.90 Å². The van der Waals surface area contributed by atoms with Crippen LogP contribution < -0.4 is 10.1 Å². The molecule has 1 N–H and O–H groups in total. The molecule has 0 bridgehead atoms. The number of amides is 1. The molecule has 1 aliphatic rings. The number of anilines is 1. The van der Waals surface area contributed by atoms with E-state index in [1.54, 1.807) is 0 Å². The molecule has 3 aromatic rings. The minimum atomic E-state index is -0.213. The second kappa shape index (κ2) is 9.04. The van der Waals surface area contributed by atoms with E-state index >= 15 is 0 Å². The standard InChI is InChI=1S/C26H28N2O2/c1-19(2)18-30-22-14-12-21(13-15-22)25-27-24-11-7-6-10-23(24)26(29)28(25)17-16-20-8-4-3-5-9-20/h3-15,19,25,27H,16-18H2,1-2H3. The average Bonchev–Trinajstić information content (AvgIpc) is 2.78. The number of rotatable bonds is 7. The topological polar surface area (TPSA) is 41.6 Å². The summed E-state index contributed by atoms with van der Waals surface area (Å²) in [6.07, 6.45) is 0.595. The van der Waals surface area contributed by atoms with Gasteiger partial charge in [0.2, 0.25) is 0 Å². The Bertz CT molecular complexity index is 983. The van der Waals surface area contributed by atoms with E-state index < -0.39 is 0 Å². The highest BCUT2D eigenvalue weighted by atomic mass is 16.5. The number of para-hydroxylation sites is 1. The molecule has 0 radical (unpaired) electrons. The molecule has 30 heavy (non-hydrogen) atoms. The van der Waals surface area contributed by atoms with Crippen molar-refractivity contribution in [1.29, 1.82) is 0 Å². The Hall–Kier alpha value is -3.27. The number of hydrogen-bond donors (Lipinski definition) is 1. The van der Waals surface area contributed by atoms with Crippen LogP contribution in [0.1, 0.15) is 41.5 Å². The molecular formula is C26H28N2O2. The third-order valence-electron chi connectivity index (χ3n) is 5.29. The maximum Gasteiger partial charge on any atom is 0.257 e. The van der Waals surface area contributed by atoms with E-state index in [-0.39, 0.29) is 12.1 Å². The average molecular weight is 401 g/mol. The van der Waals surface area contributed by atoms with Gasteiger partial charge in [-0.3, -0.25) is 4.79 Å². The van der Waals surface area contributed by atoms with Crippen molar-refractivity contribution >= 4 is 11.6 Å². The number of ether oxygens (including phenoxy) is 1. The molecule has 0 aromatic heterocycles. The predicted octanol–water partition coefficient (Wildman–Crippen LogP) is 5.53. The summed E-state index contributed by atoms with van der Waals surface area (Å²) in [5.74, 6) is 1.39. The molecule has 1 amide bonds. The van der Waals surface area contributed by atoms with E-state index in [2.05, 4.69) is 31.3 Å². The second-order valence-electron chi connectivity index (χ2n) is 8.10. The molecular weight excluding hydrogens is 372 g/mol. The highest BCUT2D eigenvalue weighted by molar-refractivity contribution is 6.01. The summed E-state index contributed by atoms with van der Waals surface area (Å²) >= 11 is 0. The van der Waals surface area contributed by atoms with Gasteiger partial charge in [-0.25, -0.2) is 0 Å². The summed E-state index contributed by atoms with van der Waals surface area (Å²) in [7, 11) is 0. The number of carbonyl (C=O) groups excluding carboxylic acids is 1. The summed E-state index contributed by atoms with van der Waals surface area (Å²) in [6.45, 7) is 5.60. The number of nitrogens with one attached hydrogen (secondary N) is 1. The second-order valence-corrected chi connectivity index (χ2v) is 8.10. The van der Waals surface area contributed by atoms with Crippen molar-refractivity contribution in [3.05, 3.63) is 95.6 Å². The number of nitrogens with zero attached hydrogens (tertiary/aromatic N) is 1. The highest BCUT2D eigenvalue weighted by Gasteiger charge is 2.32. The van der Waals surface area contributed by atoms with Crippen LogP contribution in [0, 0.1) is 5.92 Å². The van der Waals surface area contributed by atoms with Gasteiger partial charge < -0.3 is 15.0 Å². The smallest absolute Gasteiger partial charge is 0.257 e. The molecule has 4 rings (SSSR count). The molecule has 4 nitrogen and oxygen atoms in total. The molecule has 1 heterocycles. The molecule has 0 aliphatic carbocycles. The van der Waals surface area contributed by atoms with E-state index in [1.807, 2.05) is 71.6 Å². The first-order valence-corrected chi connectivity index (χ1v) is 10.5. The fourth-order valence-corrected chi connectivity index (χ4v) is 3.69. The Morgan fingerprint density at radius 1 is 0.933 bits per heavy atom. The summed E-state index contributed by atoms with van der Waals surface area (Å²) in [4.78, 5) is 15.3. The summed E-state index contributed by atoms with van der Waals surface area (Å²) < 4.78 is 5.82. The van der Waals surface area contributed by atoms with Crippen LogP contribution in [0.3, 0.4) is 0 Å². The van der Waals surface area contributed by atoms with Crippen LogP contribution in [0.4, 0.5) is 5.69 Å². The minimum Gasteiger partial charge on any atom is -0.493 e. The van der Waals surface area contributed by atoms with Gasteiger partial charge in [0.25, 0.3) is 5.91 Å². The lowest BCUT2D eigenvalue weighted by atomic mass is 10.0. The predicted molar refractivity (Wildman–Crippen MR) is 121 cm³/mol.